The molecule has 0 saturated carbocycles. The molecule has 4 heteroatoms. The molecule has 4 nitrogen and oxygen atoms in total. The zero-order valence-corrected chi connectivity index (χ0v) is 14.3. The fraction of sp³-hybridized carbons (Fsp3) is 0.136. The number of para-hydroxylation sites is 1. The molecule has 2 N–H and O–H groups in total. The van der Waals surface area contributed by atoms with Crippen LogP contribution in [0.4, 0.5) is 5.69 Å². The normalized spacial score (nSPS) is 15.5. The van der Waals surface area contributed by atoms with Gasteiger partial charge in [0.15, 0.2) is 0 Å². The van der Waals surface area contributed by atoms with Crippen molar-refractivity contribution in [3.63, 3.8) is 0 Å². The molecule has 26 heavy (non-hydrogen) atoms. The Bertz CT molecular complexity index is 892. The van der Waals surface area contributed by atoms with Crippen LogP contribution in [0.25, 0.3) is 0 Å². The van der Waals surface area contributed by atoms with E-state index in [0.717, 1.165) is 22.6 Å². The highest BCUT2D eigenvalue weighted by Gasteiger charge is 2.22. The average Bonchev–Trinajstić information content (AvgIpc) is 2.68. The molecule has 1 atom stereocenters. The highest BCUT2D eigenvalue weighted by molar-refractivity contribution is 6.01. The van der Waals surface area contributed by atoms with Crippen LogP contribution in [0.2, 0.25) is 0 Å². The molecule has 3 aromatic rings. The number of hydrogen-bond donors (Lipinski definition) is 2. The largest absolute Gasteiger partial charge is 0.489 e. The maximum Gasteiger partial charge on any atom is 0.254 e. The van der Waals surface area contributed by atoms with Crippen LogP contribution in [-0.2, 0) is 13.0 Å². The van der Waals surface area contributed by atoms with E-state index in [0.29, 0.717) is 18.6 Å². The van der Waals surface area contributed by atoms with E-state index in [-0.39, 0.29) is 12.1 Å². The van der Waals surface area contributed by atoms with Gasteiger partial charge in [-0.05, 0) is 35.4 Å². The second kappa shape index (κ2) is 7.31. The standard InChI is InChI=1S/C22H20N2O2/c25-22-19-8-4-5-9-20(19)23-21(24-22)14-16-10-12-18(13-11-16)26-15-17-6-2-1-3-7-17/h1-13,21,23H,14-15H2,(H,24,25). The molecule has 130 valence electrons. The summed E-state index contributed by atoms with van der Waals surface area (Å²) in [6.07, 6.45) is 0.590. The van der Waals surface area contributed by atoms with Crippen molar-refractivity contribution in [1.82, 2.24) is 5.32 Å². The molecule has 1 aliphatic rings. The molecule has 0 radical (unpaired) electrons. The molecular formula is C22H20N2O2. The number of hydrogen-bond acceptors (Lipinski definition) is 3. The van der Waals surface area contributed by atoms with Gasteiger partial charge in [-0.2, -0.15) is 0 Å². The van der Waals surface area contributed by atoms with Gasteiger partial charge < -0.3 is 15.4 Å². The van der Waals surface area contributed by atoms with E-state index >= 15 is 0 Å². The van der Waals surface area contributed by atoms with E-state index in [1.807, 2.05) is 78.9 Å². The van der Waals surface area contributed by atoms with Crippen LogP contribution < -0.4 is 15.4 Å². The number of anilines is 1. The van der Waals surface area contributed by atoms with Crippen molar-refractivity contribution < 1.29 is 9.53 Å². The molecule has 1 unspecified atom stereocenters. The number of fused-ring (bicyclic) bond motifs is 1. The Morgan fingerprint density at radius 1 is 0.769 bits per heavy atom. The Balaban J connectivity index is 1.37. The molecule has 1 amide bonds. The summed E-state index contributed by atoms with van der Waals surface area (Å²) in [5, 5.41) is 6.37. The Morgan fingerprint density at radius 2 is 1.50 bits per heavy atom. The van der Waals surface area contributed by atoms with Crippen molar-refractivity contribution in [2.75, 3.05) is 5.32 Å². The second-order valence-corrected chi connectivity index (χ2v) is 6.34. The molecule has 0 aliphatic carbocycles. The predicted octanol–water partition coefficient (Wildman–Crippen LogP) is 3.99. The molecule has 1 aliphatic heterocycles. The van der Waals surface area contributed by atoms with E-state index in [1.165, 1.54) is 0 Å². The van der Waals surface area contributed by atoms with Crippen molar-refractivity contribution in [3.05, 3.63) is 95.6 Å². The lowest BCUT2D eigenvalue weighted by Gasteiger charge is -2.27. The third-order valence-electron chi connectivity index (χ3n) is 4.42. The number of benzene rings is 3. The third-order valence-corrected chi connectivity index (χ3v) is 4.42. The minimum absolute atomic E-state index is 0.0350. The van der Waals surface area contributed by atoms with Gasteiger partial charge in [0.05, 0.1) is 5.56 Å². The lowest BCUT2D eigenvalue weighted by molar-refractivity contribution is 0.0936. The Labute approximate surface area is 152 Å². The van der Waals surface area contributed by atoms with Gasteiger partial charge in [-0.3, -0.25) is 4.79 Å². The van der Waals surface area contributed by atoms with Gasteiger partial charge in [0.25, 0.3) is 5.91 Å². The number of rotatable bonds is 5. The molecular weight excluding hydrogens is 324 g/mol. The number of ether oxygens (including phenoxy) is 1. The van der Waals surface area contributed by atoms with Gasteiger partial charge in [0.1, 0.15) is 18.5 Å². The number of carbonyl (C=O) groups is 1. The van der Waals surface area contributed by atoms with Gasteiger partial charge in [-0.1, -0.05) is 54.6 Å². The maximum atomic E-state index is 12.2. The molecule has 0 spiro atoms. The predicted molar refractivity (Wildman–Crippen MR) is 102 cm³/mol. The van der Waals surface area contributed by atoms with Crippen LogP contribution in [0.15, 0.2) is 78.9 Å². The second-order valence-electron chi connectivity index (χ2n) is 6.34. The number of carbonyl (C=O) groups excluding carboxylic acids is 1. The lowest BCUT2D eigenvalue weighted by atomic mass is 10.1. The monoisotopic (exact) mass is 344 g/mol. The molecule has 4 rings (SSSR count). The highest BCUT2D eigenvalue weighted by Crippen LogP contribution is 2.21. The fourth-order valence-electron chi connectivity index (χ4n) is 3.07. The SMILES string of the molecule is O=C1NC(Cc2ccc(OCc3ccccc3)cc2)Nc2ccccc21. The summed E-state index contributed by atoms with van der Waals surface area (Å²) in [4.78, 5) is 12.2. The summed E-state index contributed by atoms with van der Waals surface area (Å²) in [5.74, 6) is 0.802. The van der Waals surface area contributed by atoms with Crippen LogP contribution in [-0.4, -0.2) is 12.1 Å². The quantitative estimate of drug-likeness (QED) is 0.736. The molecule has 1 heterocycles. The van der Waals surface area contributed by atoms with E-state index in [1.54, 1.807) is 0 Å². The van der Waals surface area contributed by atoms with E-state index in [4.69, 9.17) is 4.74 Å². The van der Waals surface area contributed by atoms with Crippen molar-refractivity contribution >= 4 is 11.6 Å². The molecule has 0 aromatic heterocycles. The van der Waals surface area contributed by atoms with Crippen LogP contribution in [0, 0.1) is 0 Å². The summed E-state index contributed by atoms with van der Waals surface area (Å²) >= 11 is 0. The van der Waals surface area contributed by atoms with Crippen LogP contribution >= 0.6 is 0 Å². The van der Waals surface area contributed by atoms with E-state index in [9.17, 15) is 4.79 Å². The summed E-state index contributed by atoms with van der Waals surface area (Å²) in [6, 6.07) is 25.7. The van der Waals surface area contributed by atoms with Crippen molar-refractivity contribution in [2.45, 2.75) is 19.2 Å². The molecule has 3 aromatic carbocycles. The highest BCUT2D eigenvalue weighted by atomic mass is 16.5. The van der Waals surface area contributed by atoms with Crippen molar-refractivity contribution in [3.8, 4) is 5.75 Å². The Kier molecular flexibility index (Phi) is 4.56. The molecule has 0 fully saturated rings. The number of nitrogens with one attached hydrogen (secondary N) is 2. The Morgan fingerprint density at radius 3 is 2.31 bits per heavy atom. The first kappa shape index (κ1) is 16.2. The number of amides is 1. The van der Waals surface area contributed by atoms with Gasteiger partial charge in [-0.15, -0.1) is 0 Å². The summed E-state index contributed by atoms with van der Waals surface area (Å²) in [6.45, 7) is 0.553. The smallest absolute Gasteiger partial charge is 0.254 e. The first-order valence-corrected chi connectivity index (χ1v) is 8.70. The fourth-order valence-corrected chi connectivity index (χ4v) is 3.07. The van der Waals surface area contributed by atoms with Gasteiger partial charge in [0, 0.05) is 12.1 Å². The topological polar surface area (TPSA) is 50.4 Å². The van der Waals surface area contributed by atoms with Crippen molar-refractivity contribution in [2.24, 2.45) is 0 Å². The zero-order valence-electron chi connectivity index (χ0n) is 14.3. The van der Waals surface area contributed by atoms with Crippen LogP contribution in [0.5, 0.6) is 5.75 Å². The van der Waals surface area contributed by atoms with Gasteiger partial charge >= 0.3 is 0 Å². The first-order chi connectivity index (χ1) is 12.8. The van der Waals surface area contributed by atoms with Gasteiger partial charge in [-0.25, -0.2) is 0 Å². The van der Waals surface area contributed by atoms with E-state index in [2.05, 4.69) is 10.6 Å². The first-order valence-electron chi connectivity index (χ1n) is 8.70. The van der Waals surface area contributed by atoms with Crippen LogP contribution in [0.3, 0.4) is 0 Å². The Hall–Kier alpha value is -3.27. The zero-order chi connectivity index (χ0) is 17.8. The maximum absolute atomic E-state index is 12.2. The molecule has 0 saturated heterocycles. The summed E-state index contributed by atoms with van der Waals surface area (Å²) < 4.78 is 5.82. The minimum atomic E-state index is -0.117. The summed E-state index contributed by atoms with van der Waals surface area (Å²) in [7, 11) is 0. The third kappa shape index (κ3) is 3.70. The van der Waals surface area contributed by atoms with Gasteiger partial charge in [0.2, 0.25) is 0 Å². The van der Waals surface area contributed by atoms with E-state index < -0.39 is 0 Å². The molecule has 0 bridgehead atoms. The van der Waals surface area contributed by atoms with Crippen molar-refractivity contribution in [1.29, 1.82) is 0 Å². The summed E-state index contributed by atoms with van der Waals surface area (Å²) in [5.41, 5.74) is 3.84. The lowest BCUT2D eigenvalue weighted by Crippen LogP contribution is -2.46. The minimum Gasteiger partial charge on any atom is -0.489 e. The van der Waals surface area contributed by atoms with Crippen LogP contribution in [0.1, 0.15) is 21.5 Å². The average molecular weight is 344 g/mol.